The smallest absolute Gasteiger partial charge is 0.241 e. The van der Waals surface area contributed by atoms with Gasteiger partial charge in [0.1, 0.15) is 0 Å². The van der Waals surface area contributed by atoms with Crippen LogP contribution in [0, 0.1) is 6.92 Å². The van der Waals surface area contributed by atoms with Crippen LogP contribution in [0.2, 0.25) is 5.02 Å². The zero-order valence-corrected chi connectivity index (χ0v) is 12.0. The number of nitrogens with one attached hydrogen (secondary N) is 1. The van der Waals surface area contributed by atoms with Crippen LogP contribution in [0.15, 0.2) is 29.7 Å². The molecule has 4 nitrogen and oxygen atoms in total. The average molecular weight is 289 g/mol. The van der Waals surface area contributed by atoms with Crippen LogP contribution in [-0.2, 0) is 10.0 Å². The zero-order chi connectivity index (χ0) is 13.9. The fourth-order valence-corrected chi connectivity index (χ4v) is 3.32. The second-order valence-corrected chi connectivity index (χ2v) is 6.28. The molecule has 0 fully saturated rings. The van der Waals surface area contributed by atoms with Crippen LogP contribution in [-0.4, -0.2) is 14.5 Å². The molecule has 6 heteroatoms. The van der Waals surface area contributed by atoms with E-state index in [1.165, 1.54) is 6.07 Å². The van der Waals surface area contributed by atoms with E-state index in [-0.39, 0.29) is 16.6 Å². The molecule has 0 amide bonds. The Balaban J connectivity index is 3.13. The monoisotopic (exact) mass is 288 g/mol. The lowest BCUT2D eigenvalue weighted by atomic mass is 10.2. The van der Waals surface area contributed by atoms with Gasteiger partial charge in [-0.05, 0) is 38.0 Å². The predicted octanol–water partition coefficient (Wildman–Crippen LogP) is 2.47. The second kappa shape index (κ2) is 5.73. The third-order valence-corrected chi connectivity index (χ3v) is 4.52. The van der Waals surface area contributed by atoms with Crippen LogP contribution < -0.4 is 10.5 Å². The molecular weight excluding hydrogens is 272 g/mol. The highest BCUT2D eigenvalue weighted by atomic mass is 35.5. The first-order valence-electron chi connectivity index (χ1n) is 5.46. The minimum atomic E-state index is -3.59. The second-order valence-electron chi connectivity index (χ2n) is 4.19. The molecule has 0 aromatic heterocycles. The molecule has 0 heterocycles. The van der Waals surface area contributed by atoms with Gasteiger partial charge < -0.3 is 5.73 Å². The van der Waals surface area contributed by atoms with Crippen molar-refractivity contribution in [3.8, 4) is 0 Å². The molecule has 3 N–H and O–H groups in total. The summed E-state index contributed by atoms with van der Waals surface area (Å²) in [5, 5.41) is 0.352. The van der Waals surface area contributed by atoms with Gasteiger partial charge in [0.15, 0.2) is 0 Å². The van der Waals surface area contributed by atoms with Crippen molar-refractivity contribution in [2.45, 2.75) is 31.2 Å². The number of hydrogen-bond donors (Lipinski definition) is 2. The summed E-state index contributed by atoms with van der Waals surface area (Å²) in [7, 11) is -3.59. The highest BCUT2D eigenvalue weighted by Gasteiger charge is 2.20. The van der Waals surface area contributed by atoms with Crippen LogP contribution in [0.25, 0.3) is 0 Å². The number of hydrogen-bond acceptors (Lipinski definition) is 3. The Kier molecular flexibility index (Phi) is 4.78. The van der Waals surface area contributed by atoms with Gasteiger partial charge in [-0.1, -0.05) is 17.7 Å². The molecular formula is C12H17ClN2O2S. The summed E-state index contributed by atoms with van der Waals surface area (Å²) < 4.78 is 26.9. The summed E-state index contributed by atoms with van der Waals surface area (Å²) in [5.74, 6) is 0. The van der Waals surface area contributed by atoms with Crippen LogP contribution in [0.4, 0.5) is 5.69 Å². The molecule has 0 spiro atoms. The maximum absolute atomic E-state index is 12.2. The van der Waals surface area contributed by atoms with Gasteiger partial charge in [-0.2, -0.15) is 0 Å². The molecule has 1 aromatic carbocycles. The number of aryl methyl sites for hydroxylation is 1. The fraction of sp³-hybridized carbons (Fsp3) is 0.333. The lowest BCUT2D eigenvalue weighted by Crippen LogP contribution is -2.32. The Hall–Kier alpha value is -1.04. The van der Waals surface area contributed by atoms with E-state index in [0.717, 1.165) is 0 Å². The predicted molar refractivity (Wildman–Crippen MR) is 75.2 cm³/mol. The first-order valence-corrected chi connectivity index (χ1v) is 7.33. The molecule has 100 valence electrons. The maximum atomic E-state index is 12.2. The standard InChI is InChI=1S/C12H17ClN2O2S/c1-4-5-9(3)15-18(16,17)12-7-11(14)10(13)6-8(12)2/h4,6-7,9,15H,1,5,14H2,2-3H3. The minimum absolute atomic E-state index is 0.153. The highest BCUT2D eigenvalue weighted by molar-refractivity contribution is 7.89. The maximum Gasteiger partial charge on any atom is 0.241 e. The molecule has 1 unspecified atom stereocenters. The molecule has 0 bridgehead atoms. The fourth-order valence-electron chi connectivity index (χ4n) is 1.58. The highest BCUT2D eigenvalue weighted by Crippen LogP contribution is 2.26. The van der Waals surface area contributed by atoms with E-state index in [2.05, 4.69) is 11.3 Å². The summed E-state index contributed by atoms with van der Waals surface area (Å²) >= 11 is 5.84. The van der Waals surface area contributed by atoms with Gasteiger partial charge in [-0.3, -0.25) is 0 Å². The van der Waals surface area contributed by atoms with Crippen molar-refractivity contribution in [2.75, 3.05) is 5.73 Å². The molecule has 0 saturated carbocycles. The summed E-state index contributed by atoms with van der Waals surface area (Å²) in [4.78, 5) is 0.153. The van der Waals surface area contributed by atoms with Gasteiger partial charge in [-0.15, -0.1) is 6.58 Å². The first-order chi connectivity index (χ1) is 8.27. The van der Waals surface area contributed by atoms with Gasteiger partial charge in [0.25, 0.3) is 0 Å². The van der Waals surface area contributed by atoms with E-state index in [0.29, 0.717) is 17.0 Å². The average Bonchev–Trinajstić information content (AvgIpc) is 2.22. The lowest BCUT2D eigenvalue weighted by Gasteiger charge is -2.14. The van der Waals surface area contributed by atoms with Crippen molar-refractivity contribution in [1.29, 1.82) is 0 Å². The first kappa shape index (κ1) is 15.0. The molecule has 0 aliphatic rings. The summed E-state index contributed by atoms with van der Waals surface area (Å²) in [6, 6.07) is 2.70. The van der Waals surface area contributed by atoms with E-state index in [1.54, 1.807) is 26.0 Å². The van der Waals surface area contributed by atoms with E-state index in [9.17, 15) is 8.42 Å². The lowest BCUT2D eigenvalue weighted by molar-refractivity contribution is 0.561. The third kappa shape index (κ3) is 3.48. The SMILES string of the molecule is C=CCC(C)NS(=O)(=O)c1cc(N)c(Cl)cc1C. The van der Waals surface area contributed by atoms with Crippen molar-refractivity contribution in [3.63, 3.8) is 0 Å². The number of anilines is 1. The molecule has 0 radical (unpaired) electrons. The number of nitrogen functional groups attached to an aromatic ring is 1. The van der Waals surface area contributed by atoms with Crippen molar-refractivity contribution >= 4 is 27.3 Å². The van der Waals surface area contributed by atoms with Crippen LogP contribution in [0.3, 0.4) is 0 Å². The van der Waals surface area contributed by atoms with Gasteiger partial charge in [0.05, 0.1) is 15.6 Å². The quantitative estimate of drug-likeness (QED) is 0.646. The Morgan fingerprint density at radius 1 is 1.56 bits per heavy atom. The van der Waals surface area contributed by atoms with Gasteiger partial charge in [-0.25, -0.2) is 13.1 Å². The van der Waals surface area contributed by atoms with E-state index in [4.69, 9.17) is 17.3 Å². The van der Waals surface area contributed by atoms with Crippen molar-refractivity contribution in [3.05, 3.63) is 35.4 Å². The Labute approximate surface area is 113 Å². The topological polar surface area (TPSA) is 72.2 Å². The van der Waals surface area contributed by atoms with E-state index in [1.807, 2.05) is 0 Å². The van der Waals surface area contributed by atoms with E-state index >= 15 is 0 Å². The van der Waals surface area contributed by atoms with Crippen LogP contribution >= 0.6 is 11.6 Å². The molecule has 1 atom stereocenters. The normalized spacial score (nSPS) is 13.3. The number of sulfonamides is 1. The molecule has 1 aromatic rings. The van der Waals surface area contributed by atoms with Gasteiger partial charge >= 0.3 is 0 Å². The molecule has 18 heavy (non-hydrogen) atoms. The largest absolute Gasteiger partial charge is 0.397 e. The van der Waals surface area contributed by atoms with Crippen molar-refractivity contribution in [1.82, 2.24) is 4.72 Å². The Morgan fingerprint density at radius 2 is 2.17 bits per heavy atom. The Bertz CT molecular complexity index is 555. The van der Waals surface area contributed by atoms with Gasteiger partial charge in [0, 0.05) is 6.04 Å². The van der Waals surface area contributed by atoms with Gasteiger partial charge in [0.2, 0.25) is 10.0 Å². The third-order valence-electron chi connectivity index (χ3n) is 2.46. The molecule has 0 saturated heterocycles. The van der Waals surface area contributed by atoms with E-state index < -0.39 is 10.0 Å². The Morgan fingerprint density at radius 3 is 2.72 bits per heavy atom. The zero-order valence-electron chi connectivity index (χ0n) is 10.4. The minimum Gasteiger partial charge on any atom is -0.397 e. The molecule has 0 aliphatic heterocycles. The number of rotatable bonds is 5. The molecule has 1 rings (SSSR count). The summed E-state index contributed by atoms with van der Waals surface area (Å²) in [6.45, 7) is 7.02. The van der Waals surface area contributed by atoms with Crippen molar-refractivity contribution < 1.29 is 8.42 Å². The van der Waals surface area contributed by atoms with Crippen molar-refractivity contribution in [2.24, 2.45) is 0 Å². The number of nitrogens with two attached hydrogens (primary N) is 1. The van der Waals surface area contributed by atoms with Crippen LogP contribution in [0.1, 0.15) is 18.9 Å². The summed E-state index contributed by atoms with van der Waals surface area (Å²) in [6.07, 6.45) is 2.22. The molecule has 0 aliphatic carbocycles. The number of benzene rings is 1. The number of halogens is 1. The van der Waals surface area contributed by atoms with Crippen LogP contribution in [0.5, 0.6) is 0 Å². The summed E-state index contributed by atoms with van der Waals surface area (Å²) in [5.41, 5.74) is 6.45.